The van der Waals surface area contributed by atoms with E-state index < -0.39 is 0 Å². The zero-order chi connectivity index (χ0) is 18.8. The van der Waals surface area contributed by atoms with Crippen molar-refractivity contribution in [2.75, 3.05) is 5.32 Å². The van der Waals surface area contributed by atoms with Crippen molar-refractivity contribution in [2.45, 2.75) is 19.9 Å². The van der Waals surface area contributed by atoms with Crippen LogP contribution in [0, 0.1) is 13.8 Å². The van der Waals surface area contributed by atoms with Crippen molar-refractivity contribution in [3.05, 3.63) is 89.5 Å². The number of H-pyrrole nitrogens is 1. The monoisotopic (exact) mass is 357 g/mol. The van der Waals surface area contributed by atoms with Crippen LogP contribution in [0.5, 0.6) is 5.75 Å². The summed E-state index contributed by atoms with van der Waals surface area (Å²) in [6, 6.07) is 17.4. The molecule has 0 unspecified atom stereocenters. The molecule has 5 heteroatoms. The number of aryl methyl sites for hydroxylation is 2. The summed E-state index contributed by atoms with van der Waals surface area (Å²) < 4.78 is 0. The van der Waals surface area contributed by atoms with Gasteiger partial charge in [0.1, 0.15) is 17.3 Å². The predicted molar refractivity (Wildman–Crippen MR) is 106 cm³/mol. The van der Waals surface area contributed by atoms with Gasteiger partial charge in [-0.15, -0.1) is 0 Å². The third-order valence-electron chi connectivity index (χ3n) is 4.58. The van der Waals surface area contributed by atoms with Gasteiger partial charge >= 0.3 is 0 Å². The van der Waals surface area contributed by atoms with Crippen molar-refractivity contribution in [2.24, 2.45) is 0 Å². The summed E-state index contributed by atoms with van der Waals surface area (Å²) in [7, 11) is 0. The maximum absolute atomic E-state index is 11.0. The minimum absolute atomic E-state index is 0.185. The standard InChI is InChI=1S/C22H20N4O/c1-14-5-3-7-19(24-14)26-20(17-6-4-12-23-13-17)18-11-10-16-9-8-15(2)25-21(16)22(18)27/h3-13,20,27H,1-2H3,(H,24,26)/p+1/t20-/m0/s1. The van der Waals surface area contributed by atoms with Crippen LogP contribution in [0.25, 0.3) is 10.9 Å². The molecule has 0 radical (unpaired) electrons. The Kier molecular flexibility index (Phi) is 4.42. The molecule has 0 saturated heterocycles. The number of phenolic OH excluding ortho intramolecular Hbond substituents is 1. The molecule has 4 rings (SSSR count). The number of nitrogens with zero attached hydrogens (tertiary/aromatic N) is 2. The van der Waals surface area contributed by atoms with E-state index in [1.165, 1.54) is 0 Å². The summed E-state index contributed by atoms with van der Waals surface area (Å²) in [6.07, 6.45) is 3.55. The van der Waals surface area contributed by atoms with E-state index in [1.54, 1.807) is 12.4 Å². The van der Waals surface area contributed by atoms with Crippen molar-refractivity contribution in [1.29, 1.82) is 0 Å². The van der Waals surface area contributed by atoms with Gasteiger partial charge in [-0.25, -0.2) is 9.97 Å². The molecule has 3 aromatic heterocycles. The van der Waals surface area contributed by atoms with Crippen LogP contribution in [-0.2, 0) is 0 Å². The van der Waals surface area contributed by atoms with Crippen LogP contribution < -0.4 is 10.3 Å². The van der Waals surface area contributed by atoms with Gasteiger partial charge in [-0.05, 0) is 38.1 Å². The molecule has 4 aromatic rings. The van der Waals surface area contributed by atoms with Crippen LogP contribution in [0.4, 0.5) is 5.82 Å². The topological polar surface area (TPSA) is 72.2 Å². The van der Waals surface area contributed by atoms with Crippen LogP contribution in [-0.4, -0.2) is 15.1 Å². The van der Waals surface area contributed by atoms with E-state index in [2.05, 4.69) is 20.3 Å². The van der Waals surface area contributed by atoms with E-state index in [9.17, 15) is 5.11 Å². The highest BCUT2D eigenvalue weighted by Crippen LogP contribution is 2.35. The molecule has 0 amide bonds. The number of rotatable bonds is 4. The lowest BCUT2D eigenvalue weighted by molar-refractivity contribution is -0.371. The Hall–Kier alpha value is -3.47. The minimum Gasteiger partial charge on any atom is -0.505 e. The Balaban J connectivity index is 1.86. The smallest absolute Gasteiger partial charge is 0.273 e. The van der Waals surface area contributed by atoms with E-state index >= 15 is 0 Å². The fraction of sp³-hybridized carbons (Fsp3) is 0.136. The average Bonchev–Trinajstić information content (AvgIpc) is 2.68. The maximum atomic E-state index is 11.0. The van der Waals surface area contributed by atoms with Crippen LogP contribution in [0.15, 0.2) is 67.0 Å². The Bertz CT molecular complexity index is 1100. The fourth-order valence-corrected chi connectivity index (χ4v) is 3.23. The number of nitrogens with one attached hydrogen (secondary N) is 2. The van der Waals surface area contributed by atoms with Crippen molar-refractivity contribution in [3.63, 3.8) is 0 Å². The van der Waals surface area contributed by atoms with Crippen molar-refractivity contribution < 1.29 is 10.1 Å². The van der Waals surface area contributed by atoms with E-state index in [0.717, 1.165) is 33.7 Å². The molecule has 3 heterocycles. The number of hydrogen-bond donors (Lipinski definition) is 2. The highest BCUT2D eigenvalue weighted by Gasteiger charge is 2.24. The van der Waals surface area contributed by atoms with Crippen LogP contribution in [0.3, 0.4) is 0 Å². The molecule has 1 aromatic carbocycles. The molecule has 0 aliphatic heterocycles. The molecular formula is C22H21N4O+. The number of phenols is 1. The summed E-state index contributed by atoms with van der Waals surface area (Å²) in [6.45, 7) is 3.93. The summed E-state index contributed by atoms with van der Waals surface area (Å²) in [5, 5.41) is 15.4. The summed E-state index contributed by atoms with van der Waals surface area (Å²) in [4.78, 5) is 12.1. The minimum atomic E-state index is -0.275. The van der Waals surface area contributed by atoms with Crippen LogP contribution in [0.2, 0.25) is 0 Å². The van der Waals surface area contributed by atoms with Crippen molar-refractivity contribution >= 4 is 16.7 Å². The van der Waals surface area contributed by atoms with Gasteiger partial charge < -0.3 is 5.11 Å². The summed E-state index contributed by atoms with van der Waals surface area (Å²) in [5.41, 5.74) is 4.23. The molecule has 0 saturated carbocycles. The zero-order valence-electron chi connectivity index (χ0n) is 15.3. The first-order valence-corrected chi connectivity index (χ1v) is 8.86. The first kappa shape index (κ1) is 17.0. The zero-order valence-corrected chi connectivity index (χ0v) is 15.3. The number of hydrogen-bond acceptors (Lipinski definition) is 4. The van der Waals surface area contributed by atoms with E-state index in [0.29, 0.717) is 5.52 Å². The Morgan fingerprint density at radius 2 is 1.85 bits per heavy atom. The maximum Gasteiger partial charge on any atom is 0.273 e. The number of fused-ring (bicyclic) bond motifs is 1. The quantitative estimate of drug-likeness (QED) is 0.580. The molecule has 27 heavy (non-hydrogen) atoms. The van der Waals surface area contributed by atoms with Gasteiger partial charge in [0.15, 0.2) is 0 Å². The number of anilines is 1. The lowest BCUT2D eigenvalue weighted by atomic mass is 9.97. The Morgan fingerprint density at radius 1 is 1.00 bits per heavy atom. The third-order valence-corrected chi connectivity index (χ3v) is 4.58. The summed E-state index contributed by atoms with van der Waals surface area (Å²) >= 11 is 0. The van der Waals surface area contributed by atoms with Gasteiger partial charge in [-0.1, -0.05) is 24.3 Å². The SMILES string of the molecule is Cc1ccc2ccc([C@@H](Nc3cccc(C)[nH+]3)c3cccnc3)c(O)c2n1. The summed E-state index contributed by atoms with van der Waals surface area (Å²) in [5.74, 6) is 1.05. The molecule has 0 fully saturated rings. The number of aromatic hydroxyl groups is 1. The fourth-order valence-electron chi connectivity index (χ4n) is 3.23. The average molecular weight is 357 g/mol. The first-order chi connectivity index (χ1) is 13.1. The molecular weight excluding hydrogens is 336 g/mol. The first-order valence-electron chi connectivity index (χ1n) is 8.86. The third kappa shape index (κ3) is 3.44. The second-order valence-corrected chi connectivity index (χ2v) is 6.64. The van der Waals surface area contributed by atoms with E-state index in [1.807, 2.05) is 68.4 Å². The molecule has 0 aliphatic carbocycles. The largest absolute Gasteiger partial charge is 0.505 e. The van der Waals surface area contributed by atoms with Gasteiger partial charge in [0, 0.05) is 40.7 Å². The normalized spacial score (nSPS) is 12.1. The van der Waals surface area contributed by atoms with Crippen LogP contribution >= 0.6 is 0 Å². The Morgan fingerprint density at radius 3 is 2.63 bits per heavy atom. The number of pyridine rings is 3. The highest BCUT2D eigenvalue weighted by molar-refractivity contribution is 5.86. The number of benzene rings is 1. The number of aromatic amines is 1. The second kappa shape index (κ2) is 7.03. The van der Waals surface area contributed by atoms with Crippen molar-refractivity contribution in [1.82, 2.24) is 9.97 Å². The van der Waals surface area contributed by atoms with Gasteiger partial charge in [-0.3, -0.25) is 10.3 Å². The Labute approximate surface area is 157 Å². The molecule has 3 N–H and O–H groups in total. The van der Waals surface area contributed by atoms with Gasteiger partial charge in [0.05, 0.1) is 5.69 Å². The lowest BCUT2D eigenvalue weighted by Crippen LogP contribution is -2.20. The second-order valence-electron chi connectivity index (χ2n) is 6.64. The highest BCUT2D eigenvalue weighted by atomic mass is 16.3. The van der Waals surface area contributed by atoms with Gasteiger partial charge in [0.25, 0.3) is 5.82 Å². The lowest BCUT2D eigenvalue weighted by Gasteiger charge is -2.17. The molecule has 0 bridgehead atoms. The molecule has 0 aliphatic rings. The molecule has 0 spiro atoms. The van der Waals surface area contributed by atoms with Gasteiger partial charge in [0.2, 0.25) is 0 Å². The molecule has 1 atom stereocenters. The van der Waals surface area contributed by atoms with Gasteiger partial charge in [-0.2, -0.15) is 0 Å². The van der Waals surface area contributed by atoms with Crippen LogP contribution in [0.1, 0.15) is 28.6 Å². The predicted octanol–water partition coefficient (Wildman–Crippen LogP) is 3.97. The molecule has 5 nitrogen and oxygen atoms in total. The van der Waals surface area contributed by atoms with E-state index in [-0.39, 0.29) is 11.8 Å². The number of aromatic nitrogens is 3. The van der Waals surface area contributed by atoms with E-state index in [4.69, 9.17) is 0 Å². The van der Waals surface area contributed by atoms with Crippen molar-refractivity contribution in [3.8, 4) is 5.75 Å². The molecule has 134 valence electrons.